The van der Waals surface area contributed by atoms with Crippen LogP contribution in [0.2, 0.25) is 5.02 Å². The minimum atomic E-state index is -0.260. The molecule has 1 aromatic carbocycles. The van der Waals surface area contributed by atoms with Crippen molar-refractivity contribution in [3.63, 3.8) is 0 Å². The second-order valence-corrected chi connectivity index (χ2v) is 8.22. The maximum atomic E-state index is 13.2. The third-order valence-corrected chi connectivity index (χ3v) is 5.54. The van der Waals surface area contributed by atoms with Gasteiger partial charge in [0.15, 0.2) is 0 Å². The van der Waals surface area contributed by atoms with Gasteiger partial charge in [-0.05, 0) is 43.2 Å². The molecule has 0 atom stereocenters. The number of nitrogens with one attached hydrogen (secondary N) is 2. The Morgan fingerprint density at radius 1 is 1.18 bits per heavy atom. The second kappa shape index (κ2) is 10.4. The van der Waals surface area contributed by atoms with E-state index in [0.717, 1.165) is 18.5 Å². The van der Waals surface area contributed by atoms with Gasteiger partial charge < -0.3 is 19.6 Å². The fraction of sp³-hybridized carbons (Fsp3) is 0.200. The van der Waals surface area contributed by atoms with E-state index in [9.17, 15) is 9.59 Å². The number of amides is 2. The van der Waals surface area contributed by atoms with E-state index < -0.39 is 0 Å². The minimum absolute atomic E-state index is 0.228. The van der Waals surface area contributed by atoms with Crippen molar-refractivity contribution in [2.24, 2.45) is 0 Å². The summed E-state index contributed by atoms with van der Waals surface area (Å²) < 4.78 is 8.15. The molecular weight excluding hydrogens is 454 g/mol. The quantitative estimate of drug-likeness (QED) is 0.350. The van der Waals surface area contributed by atoms with Gasteiger partial charge in [0.25, 0.3) is 5.91 Å². The summed E-state index contributed by atoms with van der Waals surface area (Å²) in [5.74, 6) is 0.767. The molecule has 4 aromatic rings. The van der Waals surface area contributed by atoms with Crippen LogP contribution in [0.4, 0.5) is 5.82 Å². The van der Waals surface area contributed by atoms with Crippen LogP contribution in [0.25, 0.3) is 22.6 Å². The average molecular weight is 478 g/mol. The second-order valence-electron chi connectivity index (χ2n) is 7.81. The van der Waals surface area contributed by atoms with Crippen molar-refractivity contribution in [1.82, 2.24) is 19.9 Å². The molecule has 174 valence electrons. The van der Waals surface area contributed by atoms with Crippen LogP contribution in [-0.2, 0) is 11.3 Å². The molecule has 0 unspecified atom stereocenters. The zero-order valence-electron chi connectivity index (χ0n) is 18.8. The van der Waals surface area contributed by atoms with Crippen LogP contribution in [0.5, 0.6) is 0 Å². The molecule has 0 aliphatic carbocycles. The molecule has 0 bridgehead atoms. The van der Waals surface area contributed by atoms with Crippen molar-refractivity contribution in [3.8, 4) is 22.6 Å². The number of halogens is 1. The molecule has 0 saturated heterocycles. The Hall–Kier alpha value is -3.91. The highest BCUT2D eigenvalue weighted by atomic mass is 35.5. The zero-order valence-corrected chi connectivity index (χ0v) is 19.6. The normalized spacial score (nSPS) is 10.8. The minimum Gasteiger partial charge on any atom is -0.455 e. The lowest BCUT2D eigenvalue weighted by Gasteiger charge is -2.07. The van der Waals surface area contributed by atoms with E-state index in [-0.39, 0.29) is 11.8 Å². The number of hydrogen-bond donors (Lipinski definition) is 2. The fourth-order valence-electron chi connectivity index (χ4n) is 3.55. The Bertz CT molecular complexity index is 1310. The maximum Gasteiger partial charge on any atom is 0.255 e. The topological polar surface area (TPSA) is 102 Å². The lowest BCUT2D eigenvalue weighted by molar-refractivity contribution is -0.114. The van der Waals surface area contributed by atoms with E-state index in [1.807, 2.05) is 35.9 Å². The smallest absolute Gasteiger partial charge is 0.255 e. The molecule has 0 fully saturated rings. The number of aromatic nitrogens is 3. The first kappa shape index (κ1) is 23.3. The van der Waals surface area contributed by atoms with Crippen LogP contribution in [0.15, 0.2) is 65.7 Å². The molecule has 2 amide bonds. The molecule has 0 saturated carbocycles. The van der Waals surface area contributed by atoms with E-state index in [1.54, 1.807) is 36.9 Å². The van der Waals surface area contributed by atoms with Gasteiger partial charge in [-0.15, -0.1) is 0 Å². The molecule has 0 spiro atoms. The number of carbonyl (C=O) groups excluding carboxylic acids is 2. The first-order valence-electron chi connectivity index (χ1n) is 10.8. The van der Waals surface area contributed by atoms with Gasteiger partial charge in [-0.3, -0.25) is 9.59 Å². The summed E-state index contributed by atoms with van der Waals surface area (Å²) in [6.07, 6.45) is 7.74. The number of furan rings is 1. The third-order valence-electron chi connectivity index (χ3n) is 5.21. The summed E-state index contributed by atoms with van der Waals surface area (Å²) in [6, 6.07) is 10.6. The van der Waals surface area contributed by atoms with Crippen molar-refractivity contribution in [3.05, 3.63) is 77.5 Å². The number of anilines is 1. The standard InChI is InChI=1S/C25H24ClN5O3/c1-16-14-29-23(30-17(2)32)13-19(16)22-12-20(24(34-22)18-6-3-4-7-21(18)26)25(33)28-8-5-10-31-11-9-27-15-31/h3-4,6-7,9,11-15H,5,8,10H2,1-2H3,(H,28,33)(H,29,30,32). The number of hydrogen-bond acceptors (Lipinski definition) is 5. The summed E-state index contributed by atoms with van der Waals surface area (Å²) >= 11 is 6.43. The summed E-state index contributed by atoms with van der Waals surface area (Å²) in [4.78, 5) is 32.9. The number of imidazole rings is 1. The Labute approximate surface area is 202 Å². The third kappa shape index (κ3) is 5.35. The summed E-state index contributed by atoms with van der Waals surface area (Å²) in [6.45, 7) is 4.53. The van der Waals surface area contributed by atoms with Gasteiger partial charge in [0.2, 0.25) is 5.91 Å². The van der Waals surface area contributed by atoms with Gasteiger partial charge in [-0.2, -0.15) is 0 Å². The van der Waals surface area contributed by atoms with Crippen LogP contribution in [0.1, 0.15) is 29.3 Å². The predicted molar refractivity (Wildman–Crippen MR) is 131 cm³/mol. The Balaban J connectivity index is 1.65. The van der Waals surface area contributed by atoms with Gasteiger partial charge in [-0.25, -0.2) is 9.97 Å². The van der Waals surface area contributed by atoms with Crippen molar-refractivity contribution in [2.45, 2.75) is 26.8 Å². The first-order valence-corrected chi connectivity index (χ1v) is 11.2. The largest absolute Gasteiger partial charge is 0.455 e. The molecule has 0 aliphatic heterocycles. The van der Waals surface area contributed by atoms with Gasteiger partial charge in [0.05, 0.1) is 16.9 Å². The number of carbonyl (C=O) groups is 2. The number of nitrogens with zero attached hydrogens (tertiary/aromatic N) is 3. The van der Waals surface area contributed by atoms with Crippen molar-refractivity contribution in [2.75, 3.05) is 11.9 Å². The lowest BCUT2D eigenvalue weighted by atomic mass is 10.1. The Morgan fingerprint density at radius 2 is 2.00 bits per heavy atom. The van der Waals surface area contributed by atoms with Crippen LogP contribution < -0.4 is 10.6 Å². The number of benzene rings is 1. The van der Waals surface area contributed by atoms with Gasteiger partial charge >= 0.3 is 0 Å². The highest BCUT2D eigenvalue weighted by Crippen LogP contribution is 2.37. The Morgan fingerprint density at radius 3 is 2.74 bits per heavy atom. The van der Waals surface area contributed by atoms with Crippen molar-refractivity contribution >= 4 is 29.2 Å². The monoisotopic (exact) mass is 477 g/mol. The summed E-state index contributed by atoms with van der Waals surface area (Å²) in [5.41, 5.74) is 2.54. The molecule has 9 heteroatoms. The van der Waals surface area contributed by atoms with E-state index in [1.165, 1.54) is 6.92 Å². The average Bonchev–Trinajstić information content (AvgIpc) is 3.48. The van der Waals surface area contributed by atoms with Gasteiger partial charge in [-0.1, -0.05) is 23.7 Å². The molecule has 3 heterocycles. The summed E-state index contributed by atoms with van der Waals surface area (Å²) in [7, 11) is 0. The van der Waals surface area contributed by atoms with E-state index in [0.29, 0.717) is 45.6 Å². The van der Waals surface area contributed by atoms with Crippen molar-refractivity contribution < 1.29 is 14.0 Å². The molecule has 0 aliphatic rings. The van der Waals surface area contributed by atoms with Crippen molar-refractivity contribution in [1.29, 1.82) is 0 Å². The molecule has 34 heavy (non-hydrogen) atoms. The van der Waals surface area contributed by atoms with Crippen LogP contribution >= 0.6 is 11.6 Å². The molecule has 0 radical (unpaired) electrons. The predicted octanol–water partition coefficient (Wildman–Crippen LogP) is 4.95. The zero-order chi connectivity index (χ0) is 24.1. The maximum absolute atomic E-state index is 13.2. The van der Waals surface area contributed by atoms with Gasteiger partial charge in [0, 0.05) is 49.7 Å². The van der Waals surface area contributed by atoms with E-state index >= 15 is 0 Å². The molecular formula is C25H24ClN5O3. The highest BCUT2D eigenvalue weighted by Gasteiger charge is 2.22. The lowest BCUT2D eigenvalue weighted by Crippen LogP contribution is -2.25. The molecule has 8 nitrogen and oxygen atoms in total. The first-order chi connectivity index (χ1) is 16.4. The number of aryl methyl sites for hydroxylation is 2. The molecule has 2 N–H and O–H groups in total. The van der Waals surface area contributed by atoms with Gasteiger partial charge in [0.1, 0.15) is 17.3 Å². The van der Waals surface area contributed by atoms with Crippen LogP contribution in [0, 0.1) is 6.92 Å². The summed E-state index contributed by atoms with van der Waals surface area (Å²) in [5, 5.41) is 6.11. The fourth-order valence-corrected chi connectivity index (χ4v) is 3.78. The molecule has 3 aromatic heterocycles. The van der Waals surface area contributed by atoms with Crippen LogP contribution in [0.3, 0.4) is 0 Å². The highest BCUT2D eigenvalue weighted by molar-refractivity contribution is 6.33. The Kier molecular flexibility index (Phi) is 7.08. The van der Waals surface area contributed by atoms with E-state index in [2.05, 4.69) is 20.6 Å². The molecule has 4 rings (SSSR count). The number of rotatable bonds is 8. The van der Waals surface area contributed by atoms with E-state index in [4.69, 9.17) is 16.0 Å². The number of pyridine rings is 1. The van der Waals surface area contributed by atoms with Crippen LogP contribution in [-0.4, -0.2) is 32.9 Å². The SMILES string of the molecule is CC(=O)Nc1cc(-c2cc(C(=O)NCCCn3ccnc3)c(-c3ccccc3Cl)o2)c(C)cn1.